The van der Waals surface area contributed by atoms with E-state index in [1.165, 1.54) is 0 Å². The summed E-state index contributed by atoms with van der Waals surface area (Å²) in [5, 5.41) is 4.72. The summed E-state index contributed by atoms with van der Waals surface area (Å²) in [5.41, 5.74) is 6.82. The molecule has 3 aromatic rings. The van der Waals surface area contributed by atoms with Crippen LogP contribution in [0.15, 0.2) is 59.7 Å². The van der Waals surface area contributed by atoms with E-state index in [-0.39, 0.29) is 5.91 Å². The summed E-state index contributed by atoms with van der Waals surface area (Å²) >= 11 is 6.17. The van der Waals surface area contributed by atoms with Crippen molar-refractivity contribution in [3.63, 3.8) is 0 Å². The lowest BCUT2D eigenvalue weighted by atomic mass is 10.2. The van der Waals surface area contributed by atoms with Crippen LogP contribution in [0.4, 0.5) is 0 Å². The van der Waals surface area contributed by atoms with Crippen LogP contribution in [0.3, 0.4) is 0 Å². The summed E-state index contributed by atoms with van der Waals surface area (Å²) in [4.78, 5) is 12.1. The van der Waals surface area contributed by atoms with Gasteiger partial charge in [-0.1, -0.05) is 29.8 Å². The molecule has 27 heavy (non-hydrogen) atoms. The number of hydrogen-bond donors (Lipinski definition) is 1. The molecule has 0 saturated carbocycles. The first-order valence-electron chi connectivity index (χ1n) is 8.42. The molecule has 0 radical (unpaired) electrons. The zero-order valence-corrected chi connectivity index (χ0v) is 16.1. The Balaban J connectivity index is 1.86. The molecular formula is C21H20ClN3O2. The topological polar surface area (TPSA) is 55.6 Å². The van der Waals surface area contributed by atoms with Gasteiger partial charge in [0.15, 0.2) is 0 Å². The maximum atomic E-state index is 12.1. The largest absolute Gasteiger partial charge is 0.495 e. The Labute approximate surface area is 163 Å². The second-order valence-corrected chi connectivity index (χ2v) is 6.48. The van der Waals surface area contributed by atoms with E-state index in [0.717, 1.165) is 28.4 Å². The predicted octanol–water partition coefficient (Wildman–Crippen LogP) is 4.52. The van der Waals surface area contributed by atoms with Crippen molar-refractivity contribution in [3.8, 4) is 11.4 Å². The van der Waals surface area contributed by atoms with E-state index in [2.05, 4.69) is 10.5 Å². The van der Waals surface area contributed by atoms with Crippen molar-refractivity contribution in [1.82, 2.24) is 9.99 Å². The first-order valence-corrected chi connectivity index (χ1v) is 8.80. The molecule has 0 aliphatic carbocycles. The van der Waals surface area contributed by atoms with Gasteiger partial charge in [-0.15, -0.1) is 0 Å². The molecule has 1 heterocycles. The van der Waals surface area contributed by atoms with E-state index in [9.17, 15) is 4.79 Å². The summed E-state index contributed by atoms with van der Waals surface area (Å²) in [6.07, 6.45) is 1.64. The molecule has 0 atom stereocenters. The highest BCUT2D eigenvalue weighted by Crippen LogP contribution is 2.30. The lowest BCUT2D eigenvalue weighted by molar-refractivity contribution is 0.0955. The van der Waals surface area contributed by atoms with Crippen LogP contribution < -0.4 is 10.2 Å². The standard InChI is InChI=1S/C21H20ClN3O2/c1-14-11-17(13-23-24-21(26)16-7-5-4-6-8-16)15(2)25(14)19-12-18(22)9-10-20(19)27-3/h4-13H,1-3H3,(H,24,26)/b23-13+. The van der Waals surface area contributed by atoms with Gasteiger partial charge in [-0.2, -0.15) is 5.10 Å². The van der Waals surface area contributed by atoms with Gasteiger partial charge in [-0.3, -0.25) is 4.79 Å². The van der Waals surface area contributed by atoms with E-state index in [1.807, 2.05) is 54.8 Å². The van der Waals surface area contributed by atoms with Gasteiger partial charge in [-0.25, -0.2) is 5.43 Å². The van der Waals surface area contributed by atoms with Crippen LogP contribution in [0.1, 0.15) is 27.3 Å². The Morgan fingerprint density at radius 1 is 1.15 bits per heavy atom. The van der Waals surface area contributed by atoms with Crippen LogP contribution in [-0.4, -0.2) is 23.8 Å². The van der Waals surface area contributed by atoms with E-state index >= 15 is 0 Å². The molecular weight excluding hydrogens is 362 g/mol. The number of aryl methyl sites for hydroxylation is 1. The summed E-state index contributed by atoms with van der Waals surface area (Å²) in [6.45, 7) is 3.97. The molecule has 1 amide bonds. The third-order valence-electron chi connectivity index (χ3n) is 4.26. The Morgan fingerprint density at radius 2 is 1.89 bits per heavy atom. The van der Waals surface area contributed by atoms with Gasteiger partial charge in [-0.05, 0) is 50.2 Å². The number of hydrogen-bond acceptors (Lipinski definition) is 3. The van der Waals surface area contributed by atoms with Gasteiger partial charge < -0.3 is 9.30 Å². The van der Waals surface area contributed by atoms with Gasteiger partial charge in [0.2, 0.25) is 0 Å². The second-order valence-electron chi connectivity index (χ2n) is 6.04. The molecule has 138 valence electrons. The fraction of sp³-hybridized carbons (Fsp3) is 0.143. The first-order chi connectivity index (χ1) is 13.0. The number of aromatic nitrogens is 1. The number of nitrogens with one attached hydrogen (secondary N) is 1. The first kappa shape index (κ1) is 18.7. The highest BCUT2D eigenvalue weighted by Gasteiger charge is 2.14. The SMILES string of the molecule is COc1ccc(Cl)cc1-n1c(C)cc(/C=N/NC(=O)c2ccccc2)c1C. The number of benzene rings is 2. The molecule has 2 aromatic carbocycles. The minimum atomic E-state index is -0.253. The van der Waals surface area contributed by atoms with Crippen molar-refractivity contribution >= 4 is 23.7 Å². The molecule has 0 aliphatic heterocycles. The van der Waals surface area contributed by atoms with Crippen molar-refractivity contribution in [2.45, 2.75) is 13.8 Å². The molecule has 0 saturated heterocycles. The van der Waals surface area contributed by atoms with Crippen molar-refractivity contribution in [3.05, 3.63) is 82.1 Å². The van der Waals surface area contributed by atoms with Gasteiger partial charge >= 0.3 is 0 Å². The van der Waals surface area contributed by atoms with Crippen LogP contribution in [0.25, 0.3) is 5.69 Å². The summed E-state index contributed by atoms with van der Waals surface area (Å²) in [6, 6.07) is 16.4. The summed E-state index contributed by atoms with van der Waals surface area (Å²) < 4.78 is 7.51. The van der Waals surface area contributed by atoms with Crippen LogP contribution >= 0.6 is 11.6 Å². The number of ether oxygens (including phenoxy) is 1. The second kappa shape index (κ2) is 8.10. The number of hydrazone groups is 1. The molecule has 0 bridgehead atoms. The fourth-order valence-corrected chi connectivity index (χ4v) is 3.11. The molecule has 1 aromatic heterocycles. The highest BCUT2D eigenvalue weighted by molar-refractivity contribution is 6.30. The van der Waals surface area contributed by atoms with Crippen LogP contribution in [0.2, 0.25) is 5.02 Å². The average molecular weight is 382 g/mol. The normalized spacial score (nSPS) is 11.0. The molecule has 3 rings (SSSR count). The fourth-order valence-electron chi connectivity index (χ4n) is 2.94. The third-order valence-corrected chi connectivity index (χ3v) is 4.49. The zero-order chi connectivity index (χ0) is 19.4. The molecule has 0 fully saturated rings. The number of carbonyl (C=O) groups is 1. The maximum Gasteiger partial charge on any atom is 0.271 e. The van der Waals surface area contributed by atoms with Crippen LogP contribution in [0, 0.1) is 13.8 Å². The highest BCUT2D eigenvalue weighted by atomic mass is 35.5. The summed E-state index contributed by atoms with van der Waals surface area (Å²) in [5.74, 6) is 0.472. The lowest BCUT2D eigenvalue weighted by Gasteiger charge is -2.14. The molecule has 0 spiro atoms. The maximum absolute atomic E-state index is 12.1. The van der Waals surface area contributed by atoms with E-state index < -0.39 is 0 Å². The van der Waals surface area contributed by atoms with E-state index in [4.69, 9.17) is 16.3 Å². The van der Waals surface area contributed by atoms with Gasteiger partial charge in [0.25, 0.3) is 5.91 Å². The predicted molar refractivity (Wildman–Crippen MR) is 108 cm³/mol. The van der Waals surface area contributed by atoms with Gasteiger partial charge in [0.1, 0.15) is 5.75 Å². The molecule has 1 N–H and O–H groups in total. The molecule has 6 heteroatoms. The smallest absolute Gasteiger partial charge is 0.271 e. The zero-order valence-electron chi connectivity index (χ0n) is 15.4. The van der Waals surface area contributed by atoms with Crippen molar-refractivity contribution < 1.29 is 9.53 Å². The van der Waals surface area contributed by atoms with Gasteiger partial charge in [0.05, 0.1) is 19.0 Å². The molecule has 5 nitrogen and oxygen atoms in total. The number of halogens is 1. The van der Waals surface area contributed by atoms with Gasteiger partial charge in [0, 0.05) is 27.5 Å². The molecule has 0 unspecified atom stereocenters. The Kier molecular flexibility index (Phi) is 5.62. The Hall–Kier alpha value is -3.05. The van der Waals surface area contributed by atoms with Crippen molar-refractivity contribution in [1.29, 1.82) is 0 Å². The lowest BCUT2D eigenvalue weighted by Crippen LogP contribution is -2.17. The van der Waals surface area contributed by atoms with E-state index in [0.29, 0.717) is 10.6 Å². The number of methoxy groups -OCH3 is 1. The van der Waals surface area contributed by atoms with Crippen molar-refractivity contribution in [2.24, 2.45) is 5.10 Å². The quantitative estimate of drug-likeness (QED) is 0.521. The number of nitrogens with zero attached hydrogens (tertiary/aromatic N) is 2. The number of amides is 1. The monoisotopic (exact) mass is 381 g/mol. The third kappa shape index (κ3) is 4.04. The minimum absolute atomic E-state index is 0.253. The minimum Gasteiger partial charge on any atom is -0.495 e. The molecule has 0 aliphatic rings. The average Bonchev–Trinajstić information content (AvgIpc) is 2.95. The summed E-state index contributed by atoms with van der Waals surface area (Å²) in [7, 11) is 1.63. The van der Waals surface area contributed by atoms with Crippen LogP contribution in [0.5, 0.6) is 5.75 Å². The van der Waals surface area contributed by atoms with Crippen LogP contribution in [-0.2, 0) is 0 Å². The van der Waals surface area contributed by atoms with E-state index in [1.54, 1.807) is 31.5 Å². The number of rotatable bonds is 5. The number of carbonyl (C=O) groups excluding carboxylic acids is 1. The Bertz CT molecular complexity index is 994. The Morgan fingerprint density at radius 3 is 2.59 bits per heavy atom. The van der Waals surface area contributed by atoms with Crippen molar-refractivity contribution in [2.75, 3.05) is 7.11 Å².